The Hall–Kier alpha value is -2.21. The van der Waals surface area contributed by atoms with Gasteiger partial charge in [0.1, 0.15) is 5.82 Å². The number of aliphatic carboxylic acids is 1. The lowest BCUT2D eigenvalue weighted by atomic mass is 9.99. The summed E-state index contributed by atoms with van der Waals surface area (Å²) >= 11 is 1.46. The molecule has 2 aromatic heterocycles. The average molecular weight is 304 g/mol. The van der Waals surface area contributed by atoms with Crippen LogP contribution in [0, 0.1) is 6.92 Å². The molecule has 2 aromatic rings. The van der Waals surface area contributed by atoms with E-state index < -0.39 is 5.97 Å². The molecule has 21 heavy (non-hydrogen) atoms. The second kappa shape index (κ2) is 6.99. The molecule has 0 fully saturated rings. The second-order valence-corrected chi connectivity index (χ2v) is 5.76. The van der Waals surface area contributed by atoms with E-state index in [-0.39, 0.29) is 24.7 Å². The Balaban J connectivity index is 2.02. The van der Waals surface area contributed by atoms with Crippen LogP contribution in [0.2, 0.25) is 0 Å². The third kappa shape index (κ3) is 4.68. The molecule has 0 unspecified atom stereocenters. The molecule has 2 rings (SSSR count). The van der Waals surface area contributed by atoms with Crippen molar-refractivity contribution in [2.24, 2.45) is 0 Å². The van der Waals surface area contributed by atoms with Gasteiger partial charge in [-0.1, -0.05) is 6.07 Å². The zero-order valence-corrected chi connectivity index (χ0v) is 12.4. The highest BCUT2D eigenvalue weighted by molar-refractivity contribution is 7.10. The molecule has 0 aliphatic rings. The van der Waals surface area contributed by atoms with E-state index in [1.807, 2.05) is 30.5 Å². The van der Waals surface area contributed by atoms with Crippen molar-refractivity contribution in [3.8, 4) is 0 Å². The Bertz CT molecular complexity index is 626. The van der Waals surface area contributed by atoms with Crippen LogP contribution in [-0.2, 0) is 9.59 Å². The van der Waals surface area contributed by atoms with Gasteiger partial charge in [0.05, 0.1) is 6.42 Å². The Morgan fingerprint density at radius 2 is 2.19 bits per heavy atom. The molecule has 6 heteroatoms. The number of carboxylic acid groups (broad SMARTS) is 1. The van der Waals surface area contributed by atoms with Gasteiger partial charge in [-0.15, -0.1) is 11.3 Å². The maximum absolute atomic E-state index is 12.1. The highest BCUT2D eigenvalue weighted by Crippen LogP contribution is 2.28. The van der Waals surface area contributed by atoms with Crippen LogP contribution < -0.4 is 5.32 Å². The van der Waals surface area contributed by atoms with Gasteiger partial charge in [-0.25, -0.2) is 4.98 Å². The normalized spacial score (nSPS) is 11.9. The molecule has 0 radical (unpaired) electrons. The van der Waals surface area contributed by atoms with Gasteiger partial charge >= 0.3 is 5.97 Å². The van der Waals surface area contributed by atoms with Crippen LogP contribution in [-0.4, -0.2) is 22.0 Å². The minimum absolute atomic E-state index is 0.0603. The molecule has 0 saturated heterocycles. The third-order valence-electron chi connectivity index (χ3n) is 2.98. The summed E-state index contributed by atoms with van der Waals surface area (Å²) in [6, 6.07) is 7.33. The molecule has 110 valence electrons. The smallest absolute Gasteiger partial charge is 0.304 e. The summed E-state index contributed by atoms with van der Waals surface area (Å²) in [5.74, 6) is -0.963. The fraction of sp³-hybridized carbons (Fsp3) is 0.267. The van der Waals surface area contributed by atoms with Crippen LogP contribution in [0.5, 0.6) is 0 Å². The second-order valence-electron chi connectivity index (χ2n) is 4.78. The first-order chi connectivity index (χ1) is 10.0. The van der Waals surface area contributed by atoms with Crippen molar-refractivity contribution in [3.63, 3.8) is 0 Å². The number of carbonyl (C=O) groups excluding carboxylic acids is 1. The molecule has 1 amide bonds. The molecule has 0 bridgehead atoms. The van der Waals surface area contributed by atoms with E-state index in [0.29, 0.717) is 5.82 Å². The van der Waals surface area contributed by atoms with E-state index in [2.05, 4.69) is 10.3 Å². The van der Waals surface area contributed by atoms with Crippen molar-refractivity contribution in [2.45, 2.75) is 25.7 Å². The number of carboxylic acids is 1. The lowest BCUT2D eigenvalue weighted by Gasteiger charge is -2.13. The Morgan fingerprint density at radius 1 is 1.38 bits per heavy atom. The first-order valence-corrected chi connectivity index (χ1v) is 7.40. The summed E-state index contributed by atoms with van der Waals surface area (Å²) in [5, 5.41) is 13.6. The van der Waals surface area contributed by atoms with E-state index in [0.717, 1.165) is 10.4 Å². The van der Waals surface area contributed by atoms with Crippen LogP contribution in [0.3, 0.4) is 0 Å². The van der Waals surface area contributed by atoms with Crippen LogP contribution in [0.4, 0.5) is 5.82 Å². The number of amides is 1. The SMILES string of the molecule is Cc1ccnc(NC(=O)C[C@@H](CC(=O)O)c2cccs2)c1. The molecule has 1 atom stereocenters. The van der Waals surface area contributed by atoms with Crippen LogP contribution in [0.1, 0.15) is 29.2 Å². The molecule has 0 spiro atoms. The number of hydrogen-bond donors (Lipinski definition) is 2. The lowest BCUT2D eigenvalue weighted by molar-refractivity contribution is -0.137. The van der Waals surface area contributed by atoms with Gasteiger partial charge in [-0.05, 0) is 36.1 Å². The summed E-state index contributed by atoms with van der Waals surface area (Å²) < 4.78 is 0. The van der Waals surface area contributed by atoms with Crippen molar-refractivity contribution < 1.29 is 14.7 Å². The molecule has 0 aliphatic heterocycles. The largest absolute Gasteiger partial charge is 0.481 e. The summed E-state index contributed by atoms with van der Waals surface area (Å²) in [6.07, 6.45) is 1.69. The number of aryl methyl sites for hydroxylation is 1. The minimum Gasteiger partial charge on any atom is -0.481 e. The van der Waals surface area contributed by atoms with Gasteiger partial charge in [-0.3, -0.25) is 9.59 Å². The van der Waals surface area contributed by atoms with E-state index in [9.17, 15) is 9.59 Å². The predicted octanol–water partition coefficient (Wildman–Crippen LogP) is 3.04. The molecular formula is C15H16N2O3S. The number of aromatic nitrogens is 1. The first kappa shape index (κ1) is 15.2. The summed E-state index contributed by atoms with van der Waals surface area (Å²) in [6.45, 7) is 1.91. The van der Waals surface area contributed by atoms with E-state index in [4.69, 9.17) is 5.11 Å². The molecule has 5 nitrogen and oxygen atoms in total. The first-order valence-electron chi connectivity index (χ1n) is 6.52. The Kier molecular flexibility index (Phi) is 5.05. The van der Waals surface area contributed by atoms with Gasteiger partial charge in [0.15, 0.2) is 0 Å². The molecule has 0 aliphatic carbocycles. The zero-order valence-electron chi connectivity index (χ0n) is 11.6. The molecule has 2 N–H and O–H groups in total. The lowest BCUT2D eigenvalue weighted by Crippen LogP contribution is -2.17. The van der Waals surface area contributed by atoms with Crippen molar-refractivity contribution in [2.75, 3.05) is 5.32 Å². The molecule has 2 heterocycles. The summed E-state index contributed by atoms with van der Waals surface area (Å²) in [5.41, 5.74) is 1.00. The molecule has 0 saturated carbocycles. The standard InChI is InChI=1S/C15H16N2O3S/c1-10-4-5-16-13(7-10)17-14(18)8-11(9-15(19)20)12-3-2-6-21-12/h2-7,11H,8-9H2,1H3,(H,19,20)(H,16,17,18)/t11-/m0/s1. The number of nitrogens with one attached hydrogen (secondary N) is 1. The number of pyridine rings is 1. The third-order valence-corrected chi connectivity index (χ3v) is 4.02. The predicted molar refractivity (Wildman–Crippen MR) is 81.5 cm³/mol. The fourth-order valence-corrected chi connectivity index (χ4v) is 2.86. The monoisotopic (exact) mass is 304 g/mol. The van der Waals surface area contributed by atoms with E-state index >= 15 is 0 Å². The Labute approximate surface area is 126 Å². The topological polar surface area (TPSA) is 79.3 Å². The summed E-state index contributed by atoms with van der Waals surface area (Å²) in [7, 11) is 0. The number of anilines is 1. The maximum Gasteiger partial charge on any atom is 0.304 e. The van der Waals surface area contributed by atoms with Gasteiger partial charge < -0.3 is 10.4 Å². The zero-order chi connectivity index (χ0) is 15.2. The fourth-order valence-electron chi connectivity index (χ4n) is 2.03. The van der Waals surface area contributed by atoms with Gasteiger partial charge in [-0.2, -0.15) is 0 Å². The Morgan fingerprint density at radius 3 is 2.81 bits per heavy atom. The maximum atomic E-state index is 12.1. The van der Waals surface area contributed by atoms with Crippen LogP contribution in [0.25, 0.3) is 0 Å². The van der Waals surface area contributed by atoms with E-state index in [1.54, 1.807) is 12.3 Å². The number of hydrogen-bond acceptors (Lipinski definition) is 4. The van der Waals surface area contributed by atoms with Crippen molar-refractivity contribution in [3.05, 3.63) is 46.3 Å². The van der Waals surface area contributed by atoms with E-state index in [1.165, 1.54) is 11.3 Å². The quantitative estimate of drug-likeness (QED) is 0.859. The highest BCUT2D eigenvalue weighted by Gasteiger charge is 2.20. The summed E-state index contributed by atoms with van der Waals surface area (Å²) in [4.78, 5) is 28.0. The molecule has 0 aromatic carbocycles. The van der Waals surface area contributed by atoms with Crippen molar-refractivity contribution >= 4 is 29.0 Å². The minimum atomic E-state index is -0.908. The van der Waals surface area contributed by atoms with Crippen molar-refractivity contribution in [1.29, 1.82) is 0 Å². The van der Waals surface area contributed by atoms with Gasteiger partial charge in [0, 0.05) is 23.4 Å². The molecular weight excluding hydrogens is 288 g/mol. The van der Waals surface area contributed by atoms with Crippen molar-refractivity contribution in [1.82, 2.24) is 4.98 Å². The van der Waals surface area contributed by atoms with Crippen LogP contribution in [0.15, 0.2) is 35.8 Å². The number of thiophene rings is 1. The average Bonchev–Trinajstić information content (AvgIpc) is 2.91. The highest BCUT2D eigenvalue weighted by atomic mass is 32.1. The number of nitrogens with zero attached hydrogens (tertiary/aromatic N) is 1. The van der Waals surface area contributed by atoms with Crippen LogP contribution >= 0.6 is 11.3 Å². The number of carbonyl (C=O) groups is 2. The number of rotatable bonds is 6. The van der Waals surface area contributed by atoms with Gasteiger partial charge in [0.2, 0.25) is 5.91 Å². The van der Waals surface area contributed by atoms with Gasteiger partial charge in [0.25, 0.3) is 0 Å².